The van der Waals surface area contributed by atoms with Crippen LogP contribution in [0.25, 0.3) is 0 Å². The third-order valence-electron chi connectivity index (χ3n) is 5.78. The van der Waals surface area contributed by atoms with Crippen LogP contribution in [0.15, 0.2) is 66.7 Å². The topological polar surface area (TPSA) is 80.7 Å². The summed E-state index contributed by atoms with van der Waals surface area (Å²) >= 11 is 0. The Labute approximate surface area is 186 Å². The minimum absolute atomic E-state index is 0.0254. The predicted molar refractivity (Wildman–Crippen MR) is 120 cm³/mol. The number of esters is 1. The third kappa shape index (κ3) is 4.78. The highest BCUT2D eigenvalue weighted by atomic mass is 16.5. The number of carboxylic acid groups (broad SMARTS) is 1. The van der Waals surface area contributed by atoms with E-state index in [0.717, 1.165) is 53.5 Å². The number of benzene rings is 3. The Morgan fingerprint density at radius 1 is 0.844 bits per heavy atom. The van der Waals surface area contributed by atoms with E-state index in [9.17, 15) is 19.5 Å². The van der Waals surface area contributed by atoms with Crippen LogP contribution in [-0.2, 0) is 24.1 Å². The SMILES string of the molecule is O=C(CCCCc1ccc2c(c1)CCc1ccccc1C2=O)Oc1ccccc1C(=O)O. The second kappa shape index (κ2) is 9.60. The molecule has 1 N–H and O–H groups in total. The molecule has 1 aliphatic rings. The van der Waals surface area contributed by atoms with Crippen LogP contribution in [-0.4, -0.2) is 22.8 Å². The maximum atomic E-state index is 12.9. The fourth-order valence-electron chi connectivity index (χ4n) is 4.11. The molecule has 0 amide bonds. The number of aromatic carboxylic acids is 1. The predicted octanol–water partition coefficient (Wildman–Crippen LogP) is 5.03. The maximum absolute atomic E-state index is 12.9. The van der Waals surface area contributed by atoms with E-state index >= 15 is 0 Å². The van der Waals surface area contributed by atoms with Crippen molar-refractivity contribution >= 4 is 17.7 Å². The van der Waals surface area contributed by atoms with Gasteiger partial charge in [-0.1, -0.05) is 54.6 Å². The van der Waals surface area contributed by atoms with Crippen molar-refractivity contribution in [2.45, 2.75) is 38.5 Å². The summed E-state index contributed by atoms with van der Waals surface area (Å²) in [6.07, 6.45) is 4.13. The van der Waals surface area contributed by atoms with E-state index in [0.29, 0.717) is 6.42 Å². The summed E-state index contributed by atoms with van der Waals surface area (Å²) in [5.41, 5.74) is 4.86. The van der Waals surface area contributed by atoms with Gasteiger partial charge in [0.1, 0.15) is 11.3 Å². The number of fused-ring (bicyclic) bond motifs is 2. The van der Waals surface area contributed by atoms with Crippen molar-refractivity contribution in [2.24, 2.45) is 0 Å². The van der Waals surface area contributed by atoms with Crippen LogP contribution in [0.2, 0.25) is 0 Å². The molecule has 5 heteroatoms. The maximum Gasteiger partial charge on any atom is 0.339 e. The molecule has 162 valence electrons. The van der Waals surface area contributed by atoms with Gasteiger partial charge in [0.25, 0.3) is 0 Å². The Morgan fingerprint density at radius 2 is 1.56 bits per heavy atom. The van der Waals surface area contributed by atoms with E-state index in [1.807, 2.05) is 36.4 Å². The summed E-state index contributed by atoms with van der Waals surface area (Å²) in [6.45, 7) is 0. The largest absolute Gasteiger partial charge is 0.478 e. The fraction of sp³-hybridized carbons (Fsp3) is 0.222. The molecule has 3 aromatic carbocycles. The zero-order chi connectivity index (χ0) is 22.5. The van der Waals surface area contributed by atoms with Crippen molar-refractivity contribution in [1.29, 1.82) is 0 Å². The molecule has 0 atom stereocenters. The van der Waals surface area contributed by atoms with E-state index in [1.165, 1.54) is 12.1 Å². The summed E-state index contributed by atoms with van der Waals surface area (Å²) in [7, 11) is 0. The van der Waals surface area contributed by atoms with Gasteiger partial charge in [-0.25, -0.2) is 4.79 Å². The molecule has 1 aliphatic carbocycles. The summed E-state index contributed by atoms with van der Waals surface area (Å²) in [5, 5.41) is 9.18. The van der Waals surface area contributed by atoms with Gasteiger partial charge in [-0.05, 0) is 60.9 Å². The Morgan fingerprint density at radius 3 is 2.41 bits per heavy atom. The normalized spacial score (nSPS) is 12.4. The van der Waals surface area contributed by atoms with Crippen LogP contribution in [0.1, 0.15) is 62.2 Å². The average Bonchev–Trinajstić information content (AvgIpc) is 2.94. The number of ketones is 1. The highest BCUT2D eigenvalue weighted by Gasteiger charge is 2.21. The zero-order valence-electron chi connectivity index (χ0n) is 17.7. The van der Waals surface area contributed by atoms with Gasteiger partial charge in [0.15, 0.2) is 5.78 Å². The molecule has 0 fully saturated rings. The first kappa shape index (κ1) is 21.5. The monoisotopic (exact) mass is 428 g/mol. The Bertz CT molecular complexity index is 1180. The van der Waals surface area contributed by atoms with Gasteiger partial charge in [0.2, 0.25) is 0 Å². The molecule has 0 unspecified atom stereocenters. The minimum Gasteiger partial charge on any atom is -0.478 e. The molecule has 0 saturated heterocycles. The van der Waals surface area contributed by atoms with E-state index in [-0.39, 0.29) is 23.5 Å². The standard InChI is InChI=1S/C27H24O5/c28-25(32-24-11-5-4-10-23(24)27(30)31)12-6-1-7-18-13-16-22-20(17-18)15-14-19-8-2-3-9-21(19)26(22)29/h2-5,8-11,13,16-17H,1,6-7,12,14-15H2,(H,30,31). The number of aryl methyl sites for hydroxylation is 3. The molecule has 3 aromatic rings. The number of carbonyl (C=O) groups is 3. The molecular weight excluding hydrogens is 404 g/mol. The summed E-state index contributed by atoms with van der Waals surface area (Å²) in [6, 6.07) is 19.9. The third-order valence-corrected chi connectivity index (χ3v) is 5.78. The first-order valence-electron chi connectivity index (χ1n) is 10.8. The lowest BCUT2D eigenvalue weighted by atomic mass is 9.95. The number of carbonyl (C=O) groups excluding carboxylic acids is 2. The minimum atomic E-state index is -1.13. The van der Waals surface area contributed by atoms with Crippen molar-refractivity contribution in [1.82, 2.24) is 0 Å². The summed E-state index contributed by atoms with van der Waals surface area (Å²) in [5.74, 6) is -1.41. The second-order valence-corrected chi connectivity index (χ2v) is 7.96. The van der Waals surface area contributed by atoms with Gasteiger partial charge in [-0.3, -0.25) is 9.59 Å². The molecular formula is C27H24O5. The number of ether oxygens (including phenoxy) is 1. The molecule has 0 aromatic heterocycles. The average molecular weight is 428 g/mol. The number of rotatable bonds is 7. The lowest BCUT2D eigenvalue weighted by Gasteiger charge is -2.09. The summed E-state index contributed by atoms with van der Waals surface area (Å²) < 4.78 is 5.23. The van der Waals surface area contributed by atoms with Crippen LogP contribution in [0.4, 0.5) is 0 Å². The number of carboxylic acids is 1. The lowest BCUT2D eigenvalue weighted by Crippen LogP contribution is -2.11. The van der Waals surface area contributed by atoms with E-state index in [4.69, 9.17) is 4.74 Å². The van der Waals surface area contributed by atoms with E-state index in [2.05, 4.69) is 6.07 Å². The van der Waals surface area contributed by atoms with Crippen LogP contribution >= 0.6 is 0 Å². The van der Waals surface area contributed by atoms with Crippen molar-refractivity contribution in [3.05, 3.63) is 100 Å². The molecule has 4 rings (SSSR count). The highest BCUT2D eigenvalue weighted by Crippen LogP contribution is 2.26. The smallest absolute Gasteiger partial charge is 0.339 e. The van der Waals surface area contributed by atoms with Gasteiger partial charge in [0.05, 0.1) is 0 Å². The van der Waals surface area contributed by atoms with Crippen molar-refractivity contribution < 1.29 is 24.2 Å². The number of hydrogen-bond acceptors (Lipinski definition) is 4. The molecule has 0 spiro atoms. The first-order valence-corrected chi connectivity index (χ1v) is 10.8. The number of unbranched alkanes of at least 4 members (excludes halogenated alkanes) is 1. The van der Waals surface area contributed by atoms with E-state index < -0.39 is 11.9 Å². The van der Waals surface area contributed by atoms with Crippen LogP contribution in [0.3, 0.4) is 0 Å². The van der Waals surface area contributed by atoms with Crippen LogP contribution in [0, 0.1) is 0 Å². The van der Waals surface area contributed by atoms with E-state index in [1.54, 1.807) is 12.1 Å². The first-order chi connectivity index (χ1) is 15.5. The lowest BCUT2D eigenvalue weighted by molar-refractivity contribution is -0.134. The Hall–Kier alpha value is -3.73. The molecule has 0 radical (unpaired) electrons. The molecule has 32 heavy (non-hydrogen) atoms. The van der Waals surface area contributed by atoms with Gasteiger partial charge in [-0.15, -0.1) is 0 Å². The fourth-order valence-corrected chi connectivity index (χ4v) is 4.11. The molecule has 0 heterocycles. The summed E-state index contributed by atoms with van der Waals surface area (Å²) in [4.78, 5) is 36.2. The zero-order valence-corrected chi connectivity index (χ0v) is 17.7. The number of para-hydroxylation sites is 1. The van der Waals surface area contributed by atoms with Crippen LogP contribution in [0.5, 0.6) is 5.75 Å². The van der Waals surface area contributed by atoms with Crippen molar-refractivity contribution in [3.63, 3.8) is 0 Å². The Kier molecular flexibility index (Phi) is 6.45. The molecule has 5 nitrogen and oxygen atoms in total. The van der Waals surface area contributed by atoms with Gasteiger partial charge in [-0.2, -0.15) is 0 Å². The Balaban J connectivity index is 1.32. The van der Waals surface area contributed by atoms with Crippen molar-refractivity contribution in [2.75, 3.05) is 0 Å². The molecule has 0 bridgehead atoms. The quantitative estimate of drug-likeness (QED) is 0.324. The highest BCUT2D eigenvalue weighted by molar-refractivity contribution is 6.11. The van der Waals surface area contributed by atoms with Gasteiger partial charge < -0.3 is 9.84 Å². The molecule has 0 aliphatic heterocycles. The van der Waals surface area contributed by atoms with Gasteiger partial charge in [0, 0.05) is 17.5 Å². The molecule has 0 saturated carbocycles. The van der Waals surface area contributed by atoms with Crippen molar-refractivity contribution in [3.8, 4) is 5.75 Å². The van der Waals surface area contributed by atoms with Crippen LogP contribution < -0.4 is 4.74 Å². The second-order valence-electron chi connectivity index (χ2n) is 7.96. The number of hydrogen-bond donors (Lipinski definition) is 1. The van der Waals surface area contributed by atoms with Gasteiger partial charge >= 0.3 is 11.9 Å².